The predicted octanol–water partition coefficient (Wildman–Crippen LogP) is -2.25. The molecule has 0 radical (unpaired) electrons. The second-order valence-electron chi connectivity index (χ2n) is 0. The van der Waals surface area contributed by atoms with Crippen LogP contribution in [0.5, 0.6) is 0 Å². The summed E-state index contributed by atoms with van der Waals surface area (Å²) in [4.78, 5) is 0. The average Bonchev–Trinajstić information content (AvgIpc) is 0. The van der Waals surface area contributed by atoms with Crippen LogP contribution in [0, 0.1) is 0 Å². The molecule has 0 aliphatic rings. The van der Waals surface area contributed by atoms with Gasteiger partial charge in [0.05, 0.1) is 0 Å². The van der Waals surface area contributed by atoms with Crippen LogP contribution >= 0.6 is 0 Å². The van der Waals surface area contributed by atoms with Crippen LogP contribution in [0.15, 0.2) is 0 Å². The molecule has 0 spiro atoms. The predicted molar refractivity (Wildman–Crippen MR) is 10.7 cm³/mol. The molecule has 0 saturated carbocycles. The van der Waals surface area contributed by atoms with Gasteiger partial charge < -0.3 is 38.3 Å². The van der Waals surface area contributed by atoms with E-state index in [0.29, 0.717) is 0 Å². The van der Waals surface area contributed by atoms with E-state index in [1.807, 2.05) is 0 Å². The van der Waals surface area contributed by atoms with Crippen molar-refractivity contribution < 1.29 is 83.1 Å². The van der Waals surface area contributed by atoms with E-state index in [1.54, 1.807) is 0 Å². The van der Waals surface area contributed by atoms with E-state index >= 15 is 0 Å². The van der Waals surface area contributed by atoms with Crippen molar-refractivity contribution >= 4 is 0 Å². The summed E-state index contributed by atoms with van der Waals surface area (Å²) in [6.07, 6.45) is 0. The molecule has 56 valence electrons. The summed E-state index contributed by atoms with van der Waals surface area (Å²) in [5.41, 5.74) is 0. The third-order valence-corrected chi connectivity index (χ3v) is 0. The summed E-state index contributed by atoms with van der Waals surface area (Å²) in [6.45, 7) is 0. The molecule has 0 fully saturated rings. The molecule has 9 heavy (non-hydrogen) atoms. The van der Waals surface area contributed by atoms with Crippen LogP contribution in [-0.2, 0) is 72.1 Å². The Hall–Kier alpha value is 1.20. The van der Waals surface area contributed by atoms with Gasteiger partial charge in [0.15, 0.2) is 0 Å². The van der Waals surface area contributed by atoms with Crippen molar-refractivity contribution in [2.45, 2.75) is 0 Å². The van der Waals surface area contributed by atoms with Crippen molar-refractivity contribution in [3.63, 3.8) is 0 Å². The first-order chi connectivity index (χ1) is 0. The zero-order valence-electron chi connectivity index (χ0n) is 3.94. The van der Waals surface area contributed by atoms with Crippen LogP contribution in [0.2, 0.25) is 0 Å². The molecule has 0 aromatic carbocycles. The van der Waals surface area contributed by atoms with Gasteiger partial charge in [0.25, 0.3) is 0 Å². The van der Waals surface area contributed by atoms with Crippen LogP contribution < -0.4 is 0 Å². The molecule has 9 heteroatoms. The van der Waals surface area contributed by atoms with Gasteiger partial charge in [-0.15, -0.1) is 0 Å². The fourth-order valence-corrected chi connectivity index (χ4v) is 0. The molecule has 7 nitrogen and oxygen atoms in total. The van der Waals surface area contributed by atoms with Gasteiger partial charge in [-0.3, -0.25) is 0 Å². The van der Waals surface area contributed by atoms with Gasteiger partial charge in [-0.05, 0) is 0 Å². The monoisotopic (exact) mass is 302 g/mol. The first kappa shape index (κ1) is 599. The van der Waals surface area contributed by atoms with E-state index in [0.717, 1.165) is 0 Å². The first-order valence-corrected chi connectivity index (χ1v) is 0. The zero-order chi connectivity index (χ0) is 0. The van der Waals surface area contributed by atoms with E-state index in [-0.39, 0.29) is 83.1 Å². The molecule has 0 amide bonds. The summed E-state index contributed by atoms with van der Waals surface area (Å²) in [7, 11) is 0. The van der Waals surface area contributed by atoms with Gasteiger partial charge in [-0.1, -0.05) is 0 Å². The van der Waals surface area contributed by atoms with E-state index in [9.17, 15) is 0 Å². The van der Waals surface area contributed by atoms with Crippen LogP contribution in [0.4, 0.5) is 0 Å². The summed E-state index contributed by atoms with van der Waals surface area (Å²) >= 11 is 0. The third kappa shape index (κ3) is 331. The molecule has 4 N–H and O–H groups in total. The molecule has 0 bridgehead atoms. The summed E-state index contributed by atoms with van der Waals surface area (Å²) in [5, 5.41) is 0. The Labute approximate surface area is 83.0 Å². The average molecular weight is 302 g/mol. The number of rotatable bonds is 0. The Balaban J connectivity index is 0. The van der Waals surface area contributed by atoms with Crippen molar-refractivity contribution in [1.82, 2.24) is 0 Å². The van der Waals surface area contributed by atoms with Gasteiger partial charge in [-0.25, -0.2) is 0 Å². The summed E-state index contributed by atoms with van der Waals surface area (Å²) < 4.78 is 0. The van der Waals surface area contributed by atoms with Gasteiger partial charge in [-0.2, -0.15) is 0 Å². The minimum absolute atomic E-state index is 0. The largest absolute Gasteiger partial charge is 5.00 e. The quantitative estimate of drug-likeness (QED) is 0.434. The fraction of sp³-hybridized carbons (Fsp3) is 0. The molecule has 0 saturated heterocycles. The van der Waals surface area contributed by atoms with E-state index < -0.39 is 0 Å². The maximum atomic E-state index is 0. The standard InChI is InChI=1S/2Nb.2H2O.5O/h;;2*1H2;;;;;/q2*+5;;;5*-2. The number of hydrogen-bond donors (Lipinski definition) is 0. The number of hydrogen-bond acceptors (Lipinski definition) is 0. The Morgan fingerprint density at radius 1 is 0.333 bits per heavy atom. The van der Waals surface area contributed by atoms with Crippen molar-refractivity contribution in [3.8, 4) is 0 Å². The third-order valence-electron chi connectivity index (χ3n) is 0. The second kappa shape index (κ2) is 429. The van der Waals surface area contributed by atoms with Crippen LogP contribution in [0.1, 0.15) is 0 Å². The molecule has 0 aromatic rings. The molecule has 0 atom stereocenters. The minimum atomic E-state index is 0. The smallest absolute Gasteiger partial charge is 2.00 e. The van der Waals surface area contributed by atoms with Crippen molar-refractivity contribution in [2.75, 3.05) is 0 Å². The van der Waals surface area contributed by atoms with E-state index in [1.165, 1.54) is 0 Å². The second-order valence-corrected chi connectivity index (χ2v) is 0. The minimum Gasteiger partial charge on any atom is -2.00 e. The molecule has 0 aliphatic carbocycles. The van der Waals surface area contributed by atoms with Crippen molar-refractivity contribution in [1.29, 1.82) is 0 Å². The summed E-state index contributed by atoms with van der Waals surface area (Å²) in [5.74, 6) is 0. The van der Waals surface area contributed by atoms with Gasteiger partial charge >= 0.3 is 44.8 Å². The molecular weight excluding hydrogens is 298 g/mol. The fourth-order valence-electron chi connectivity index (χ4n) is 0. The van der Waals surface area contributed by atoms with E-state index in [2.05, 4.69) is 0 Å². The molecule has 0 rings (SSSR count). The maximum Gasteiger partial charge on any atom is 5.00 e. The SMILES string of the molecule is O.O.[Nb+5].[Nb+5].[O-2].[O-2].[O-2].[O-2].[O-2]. The molecule has 0 aliphatic heterocycles. The maximum absolute atomic E-state index is 0. The molecule has 0 unspecified atom stereocenters. The summed E-state index contributed by atoms with van der Waals surface area (Å²) in [6, 6.07) is 0. The van der Waals surface area contributed by atoms with Gasteiger partial charge in [0.1, 0.15) is 0 Å². The Morgan fingerprint density at radius 2 is 0.333 bits per heavy atom. The Morgan fingerprint density at radius 3 is 0.333 bits per heavy atom. The van der Waals surface area contributed by atoms with Crippen molar-refractivity contribution in [2.24, 2.45) is 0 Å². The topological polar surface area (TPSA) is 206 Å². The zero-order valence-corrected chi connectivity index (χ0v) is 8.33. The van der Waals surface area contributed by atoms with Crippen LogP contribution in [0.25, 0.3) is 0 Å². The Bertz CT molecular complexity index is 6.88. The Kier molecular flexibility index (Phi) is 28600. The molecule has 0 heterocycles. The molecular formula is H4Nb2O7. The van der Waals surface area contributed by atoms with Crippen LogP contribution in [-0.4, -0.2) is 11.0 Å². The normalized spacial score (nSPS) is 0. The molecule has 0 aromatic heterocycles. The van der Waals surface area contributed by atoms with E-state index in [4.69, 9.17) is 0 Å². The first-order valence-electron chi connectivity index (χ1n) is 0. The van der Waals surface area contributed by atoms with Crippen molar-refractivity contribution in [3.05, 3.63) is 0 Å². The van der Waals surface area contributed by atoms with Gasteiger partial charge in [0.2, 0.25) is 0 Å². The van der Waals surface area contributed by atoms with Gasteiger partial charge in [0, 0.05) is 0 Å². The van der Waals surface area contributed by atoms with Crippen LogP contribution in [0.3, 0.4) is 0 Å².